The molecule has 0 amide bonds. The molecule has 0 fully saturated rings. The molecule has 2 aromatic rings. The average Bonchev–Trinajstić information content (AvgIpc) is 2.94. The van der Waals surface area contributed by atoms with Crippen molar-refractivity contribution >= 4 is 22.9 Å². The van der Waals surface area contributed by atoms with Crippen molar-refractivity contribution in [3.63, 3.8) is 0 Å². The molecule has 21 heavy (non-hydrogen) atoms. The van der Waals surface area contributed by atoms with Gasteiger partial charge in [0, 0.05) is 27.4 Å². The third-order valence-corrected chi connectivity index (χ3v) is 5.45. The summed E-state index contributed by atoms with van der Waals surface area (Å²) in [5, 5.41) is 6.09. The molecule has 1 N–H and O–H groups in total. The van der Waals surface area contributed by atoms with Gasteiger partial charge in [-0.3, -0.25) is 0 Å². The van der Waals surface area contributed by atoms with Gasteiger partial charge < -0.3 is 5.32 Å². The molecule has 112 valence electrons. The van der Waals surface area contributed by atoms with Gasteiger partial charge in [-0.1, -0.05) is 24.6 Å². The van der Waals surface area contributed by atoms with Crippen LogP contribution in [0.4, 0.5) is 4.39 Å². The van der Waals surface area contributed by atoms with Crippen molar-refractivity contribution in [1.82, 2.24) is 5.32 Å². The monoisotopic (exact) mass is 323 g/mol. The minimum Gasteiger partial charge on any atom is -0.310 e. The number of benzene rings is 1. The summed E-state index contributed by atoms with van der Waals surface area (Å²) in [7, 11) is 0. The van der Waals surface area contributed by atoms with Crippen LogP contribution in [0.3, 0.4) is 0 Å². The van der Waals surface area contributed by atoms with Gasteiger partial charge in [0.2, 0.25) is 0 Å². The molecule has 0 saturated carbocycles. The number of thiophene rings is 1. The molecule has 0 spiro atoms. The van der Waals surface area contributed by atoms with E-state index in [9.17, 15) is 4.39 Å². The maximum atomic E-state index is 14.4. The van der Waals surface area contributed by atoms with E-state index in [0.717, 1.165) is 24.9 Å². The number of halogens is 2. The standard InChI is InChI=1S/C17H19ClFNS/c1-2-20-17(14-7-6-11(18)10-15(14)19)13-4-3-5-16-12(13)8-9-21-16/h6-10,13,17,20H,2-5H2,1H3. The Kier molecular flexibility index (Phi) is 4.63. The van der Waals surface area contributed by atoms with Gasteiger partial charge in [-0.05, 0) is 54.9 Å². The fraction of sp³-hybridized carbons (Fsp3) is 0.412. The third-order valence-electron chi connectivity index (χ3n) is 4.22. The lowest BCUT2D eigenvalue weighted by atomic mass is 9.79. The number of fused-ring (bicyclic) bond motifs is 1. The second-order valence-electron chi connectivity index (χ2n) is 5.50. The van der Waals surface area contributed by atoms with Crippen LogP contribution in [0, 0.1) is 5.82 Å². The van der Waals surface area contributed by atoms with E-state index in [2.05, 4.69) is 23.7 Å². The van der Waals surface area contributed by atoms with Crippen LogP contribution < -0.4 is 5.32 Å². The normalized spacial score (nSPS) is 19.3. The van der Waals surface area contributed by atoms with Crippen molar-refractivity contribution in [3.05, 3.63) is 56.5 Å². The van der Waals surface area contributed by atoms with Crippen molar-refractivity contribution < 1.29 is 4.39 Å². The number of likely N-dealkylation sites (N-methyl/N-ethyl adjacent to an activating group) is 1. The maximum Gasteiger partial charge on any atom is 0.129 e. The minimum atomic E-state index is -0.212. The highest BCUT2D eigenvalue weighted by atomic mass is 35.5. The Hall–Kier alpha value is -0.900. The lowest BCUT2D eigenvalue weighted by Gasteiger charge is -2.32. The Morgan fingerprint density at radius 3 is 3.05 bits per heavy atom. The van der Waals surface area contributed by atoms with E-state index in [1.807, 2.05) is 17.4 Å². The van der Waals surface area contributed by atoms with Crippen molar-refractivity contribution in [1.29, 1.82) is 0 Å². The van der Waals surface area contributed by atoms with Gasteiger partial charge >= 0.3 is 0 Å². The molecule has 1 aliphatic carbocycles. The maximum absolute atomic E-state index is 14.4. The summed E-state index contributed by atoms with van der Waals surface area (Å²) in [6, 6.07) is 7.24. The summed E-state index contributed by atoms with van der Waals surface area (Å²) in [5.74, 6) is 0.131. The van der Waals surface area contributed by atoms with Crippen LogP contribution in [0.15, 0.2) is 29.6 Å². The van der Waals surface area contributed by atoms with Gasteiger partial charge in [0.15, 0.2) is 0 Å². The van der Waals surface area contributed by atoms with Crippen molar-refractivity contribution in [3.8, 4) is 0 Å². The van der Waals surface area contributed by atoms with Crippen molar-refractivity contribution in [2.24, 2.45) is 0 Å². The zero-order chi connectivity index (χ0) is 14.8. The summed E-state index contributed by atoms with van der Waals surface area (Å²) in [6.07, 6.45) is 3.43. The van der Waals surface area contributed by atoms with E-state index >= 15 is 0 Å². The number of hydrogen-bond acceptors (Lipinski definition) is 2. The van der Waals surface area contributed by atoms with Gasteiger partial charge in [-0.2, -0.15) is 0 Å². The van der Waals surface area contributed by atoms with Crippen LogP contribution in [0.2, 0.25) is 5.02 Å². The van der Waals surface area contributed by atoms with E-state index in [1.165, 1.54) is 22.9 Å². The lowest BCUT2D eigenvalue weighted by molar-refractivity contribution is 0.399. The summed E-state index contributed by atoms with van der Waals surface area (Å²) >= 11 is 7.71. The molecule has 1 heterocycles. The molecule has 0 bridgehead atoms. The second-order valence-corrected chi connectivity index (χ2v) is 6.94. The number of nitrogens with one attached hydrogen (secondary N) is 1. The van der Waals surface area contributed by atoms with Crippen LogP contribution in [-0.2, 0) is 6.42 Å². The summed E-state index contributed by atoms with van der Waals surface area (Å²) < 4.78 is 14.4. The molecule has 0 radical (unpaired) electrons. The minimum absolute atomic E-state index is 0.0147. The number of hydrogen-bond donors (Lipinski definition) is 1. The fourth-order valence-corrected chi connectivity index (χ4v) is 4.47. The molecule has 2 unspecified atom stereocenters. The molecule has 1 aromatic carbocycles. The average molecular weight is 324 g/mol. The molecule has 2 atom stereocenters. The highest BCUT2D eigenvalue weighted by molar-refractivity contribution is 7.10. The van der Waals surface area contributed by atoms with Gasteiger partial charge in [-0.15, -0.1) is 11.3 Å². The van der Waals surface area contributed by atoms with Gasteiger partial charge in [0.25, 0.3) is 0 Å². The van der Waals surface area contributed by atoms with E-state index in [1.54, 1.807) is 6.07 Å². The first-order valence-corrected chi connectivity index (χ1v) is 8.71. The van der Waals surface area contributed by atoms with Gasteiger partial charge in [0.05, 0.1) is 0 Å². The molecular formula is C17H19ClFNS. The number of rotatable bonds is 4. The smallest absolute Gasteiger partial charge is 0.129 e. The third kappa shape index (κ3) is 3.01. The lowest BCUT2D eigenvalue weighted by Crippen LogP contribution is -2.29. The van der Waals surface area contributed by atoms with E-state index < -0.39 is 0 Å². The summed E-state index contributed by atoms with van der Waals surface area (Å²) in [4.78, 5) is 1.46. The summed E-state index contributed by atoms with van der Waals surface area (Å²) in [5.41, 5.74) is 2.12. The Morgan fingerprint density at radius 1 is 1.43 bits per heavy atom. The van der Waals surface area contributed by atoms with Crippen LogP contribution in [0.1, 0.15) is 47.7 Å². The zero-order valence-electron chi connectivity index (χ0n) is 12.0. The van der Waals surface area contributed by atoms with Crippen LogP contribution in [0.5, 0.6) is 0 Å². The van der Waals surface area contributed by atoms with E-state index in [0.29, 0.717) is 10.9 Å². The Bertz CT molecular complexity index is 625. The largest absolute Gasteiger partial charge is 0.310 e. The van der Waals surface area contributed by atoms with Crippen molar-refractivity contribution in [2.75, 3.05) is 6.54 Å². The molecular weight excluding hydrogens is 305 g/mol. The van der Waals surface area contributed by atoms with E-state index in [4.69, 9.17) is 11.6 Å². The molecule has 3 rings (SSSR count). The van der Waals surface area contributed by atoms with Gasteiger partial charge in [0.1, 0.15) is 5.82 Å². The molecule has 0 aliphatic heterocycles. The predicted octanol–water partition coefficient (Wildman–Crippen LogP) is 5.31. The first-order chi connectivity index (χ1) is 10.2. The van der Waals surface area contributed by atoms with Crippen LogP contribution >= 0.6 is 22.9 Å². The first kappa shape index (κ1) is 15.0. The predicted molar refractivity (Wildman–Crippen MR) is 87.8 cm³/mol. The molecule has 1 aliphatic rings. The number of aryl methyl sites for hydroxylation is 1. The van der Waals surface area contributed by atoms with E-state index in [-0.39, 0.29) is 11.9 Å². The Morgan fingerprint density at radius 2 is 2.29 bits per heavy atom. The van der Waals surface area contributed by atoms with Gasteiger partial charge in [-0.25, -0.2) is 4.39 Å². The highest BCUT2D eigenvalue weighted by Crippen LogP contribution is 2.43. The fourth-order valence-electron chi connectivity index (χ4n) is 3.31. The second kappa shape index (κ2) is 6.47. The molecule has 0 saturated heterocycles. The summed E-state index contributed by atoms with van der Waals surface area (Å²) in [6.45, 7) is 2.89. The van der Waals surface area contributed by atoms with Crippen molar-refractivity contribution in [2.45, 2.75) is 38.1 Å². The Labute approximate surface area is 134 Å². The molecule has 4 heteroatoms. The first-order valence-electron chi connectivity index (χ1n) is 7.45. The van der Waals surface area contributed by atoms with Crippen LogP contribution in [-0.4, -0.2) is 6.54 Å². The highest BCUT2D eigenvalue weighted by Gasteiger charge is 2.30. The Balaban J connectivity index is 1.99. The topological polar surface area (TPSA) is 12.0 Å². The SMILES string of the molecule is CCNC(c1ccc(Cl)cc1F)C1CCCc2sccc21. The molecule has 1 aromatic heterocycles. The quantitative estimate of drug-likeness (QED) is 0.803. The zero-order valence-corrected chi connectivity index (χ0v) is 13.6. The molecule has 1 nitrogen and oxygen atoms in total. The van der Waals surface area contributed by atoms with Crippen LogP contribution in [0.25, 0.3) is 0 Å².